The third-order valence-electron chi connectivity index (χ3n) is 6.55. The Hall–Kier alpha value is -3.06. The van der Waals surface area contributed by atoms with Gasteiger partial charge in [0.05, 0.1) is 24.1 Å². The molecular weight excluding hydrogens is 411 g/mol. The zero-order valence-corrected chi connectivity index (χ0v) is 18.4. The van der Waals surface area contributed by atoms with Gasteiger partial charge in [-0.05, 0) is 55.7 Å². The molecule has 1 N–H and O–H groups in total. The second kappa shape index (κ2) is 8.47. The van der Waals surface area contributed by atoms with Gasteiger partial charge < -0.3 is 4.74 Å². The number of aryl methyl sites for hydroxylation is 1. The molecule has 32 heavy (non-hydrogen) atoms. The summed E-state index contributed by atoms with van der Waals surface area (Å²) in [6, 6.07) is 12.4. The number of nitrogens with zero attached hydrogens (tertiary/aromatic N) is 1. The Morgan fingerprint density at radius 3 is 2.41 bits per heavy atom. The van der Waals surface area contributed by atoms with E-state index in [0.29, 0.717) is 18.5 Å². The highest BCUT2D eigenvalue weighted by atomic mass is 19.1. The van der Waals surface area contributed by atoms with E-state index in [2.05, 4.69) is 5.32 Å². The van der Waals surface area contributed by atoms with Gasteiger partial charge >= 0.3 is 5.97 Å². The molecule has 4 rings (SSSR count). The average Bonchev–Trinajstić information content (AvgIpc) is 3.24. The minimum atomic E-state index is -1.32. The van der Waals surface area contributed by atoms with Crippen LogP contribution < -0.4 is 10.2 Å². The van der Waals surface area contributed by atoms with Crippen LogP contribution in [0.2, 0.25) is 0 Å². The standard InChI is InChI=1S/C25H27FN2O4/c1-4-14-25(24(31)32-5-2)20-19(21(27-25)18-9-7-6-8-15(18)3)22(29)28(23(20)30)17-12-10-16(26)11-13-17/h6-13,19-21,27H,4-5,14H2,1-3H3/t19-,20+,21-,25-/m0/s1. The zero-order valence-electron chi connectivity index (χ0n) is 18.4. The van der Waals surface area contributed by atoms with Gasteiger partial charge in [0, 0.05) is 6.04 Å². The molecule has 168 valence electrons. The molecule has 0 aliphatic carbocycles. The molecule has 0 aromatic heterocycles. The number of carbonyl (C=O) groups excluding carboxylic acids is 3. The van der Waals surface area contributed by atoms with Gasteiger partial charge in [0.1, 0.15) is 11.4 Å². The molecular formula is C25H27FN2O4. The predicted octanol–water partition coefficient (Wildman–Crippen LogP) is 3.69. The van der Waals surface area contributed by atoms with Crippen molar-refractivity contribution in [3.05, 3.63) is 65.5 Å². The first-order valence-electron chi connectivity index (χ1n) is 11.0. The van der Waals surface area contributed by atoms with E-state index in [1.165, 1.54) is 24.3 Å². The topological polar surface area (TPSA) is 75.7 Å². The largest absolute Gasteiger partial charge is 0.465 e. The van der Waals surface area contributed by atoms with Crippen LogP contribution in [0, 0.1) is 24.6 Å². The fourth-order valence-corrected chi connectivity index (χ4v) is 5.22. The van der Waals surface area contributed by atoms with Crippen molar-refractivity contribution < 1.29 is 23.5 Å². The molecule has 2 aliphatic rings. The number of fused-ring (bicyclic) bond motifs is 1. The van der Waals surface area contributed by atoms with E-state index in [1.807, 2.05) is 38.1 Å². The van der Waals surface area contributed by atoms with Gasteiger partial charge in [-0.1, -0.05) is 37.6 Å². The molecule has 0 unspecified atom stereocenters. The van der Waals surface area contributed by atoms with E-state index in [-0.39, 0.29) is 6.61 Å². The van der Waals surface area contributed by atoms with Crippen LogP contribution in [0.5, 0.6) is 0 Å². The minimum absolute atomic E-state index is 0.169. The molecule has 2 amide bonds. The van der Waals surface area contributed by atoms with Gasteiger partial charge in [-0.25, -0.2) is 9.29 Å². The lowest BCUT2D eigenvalue weighted by molar-refractivity contribution is -0.155. The van der Waals surface area contributed by atoms with Crippen LogP contribution in [0.3, 0.4) is 0 Å². The Kier molecular flexibility index (Phi) is 5.86. The molecule has 2 fully saturated rings. The normalized spacial score (nSPS) is 27.0. The van der Waals surface area contributed by atoms with Crippen LogP contribution in [0.15, 0.2) is 48.5 Å². The molecule has 2 saturated heterocycles. The number of benzene rings is 2. The highest BCUT2D eigenvalue weighted by Gasteiger charge is 2.68. The summed E-state index contributed by atoms with van der Waals surface area (Å²) < 4.78 is 18.9. The summed E-state index contributed by atoms with van der Waals surface area (Å²) in [7, 11) is 0. The Balaban J connectivity index is 1.87. The molecule has 6 nitrogen and oxygen atoms in total. The van der Waals surface area contributed by atoms with Gasteiger partial charge in [-0.2, -0.15) is 0 Å². The van der Waals surface area contributed by atoms with E-state index >= 15 is 0 Å². The highest BCUT2D eigenvalue weighted by Crippen LogP contribution is 2.52. The number of imide groups is 1. The number of hydrogen-bond donors (Lipinski definition) is 1. The van der Waals surface area contributed by atoms with Crippen molar-refractivity contribution in [1.82, 2.24) is 5.32 Å². The molecule has 0 spiro atoms. The van der Waals surface area contributed by atoms with Crippen LogP contribution in [0.4, 0.5) is 10.1 Å². The van der Waals surface area contributed by atoms with Crippen LogP contribution in [-0.4, -0.2) is 29.9 Å². The lowest BCUT2D eigenvalue weighted by Crippen LogP contribution is -2.56. The van der Waals surface area contributed by atoms with Crippen molar-refractivity contribution in [1.29, 1.82) is 0 Å². The number of halogens is 1. The maximum atomic E-state index is 13.7. The Morgan fingerprint density at radius 1 is 1.09 bits per heavy atom. The summed E-state index contributed by atoms with van der Waals surface area (Å²) in [4.78, 5) is 41.8. The molecule has 0 bridgehead atoms. The lowest BCUT2D eigenvalue weighted by atomic mass is 9.76. The molecule has 7 heteroatoms. The number of rotatable bonds is 6. The minimum Gasteiger partial charge on any atom is -0.465 e. The van der Waals surface area contributed by atoms with Crippen LogP contribution in [0.1, 0.15) is 43.9 Å². The van der Waals surface area contributed by atoms with Crippen molar-refractivity contribution in [2.45, 2.75) is 45.2 Å². The SMILES string of the molecule is CCC[C@]1(C(=O)OCC)N[C@@H](c2ccccc2C)[C@H]2C(=O)N(c3ccc(F)cc3)C(=O)[C@@H]21. The Labute approximate surface area is 186 Å². The maximum Gasteiger partial charge on any atom is 0.327 e. The summed E-state index contributed by atoms with van der Waals surface area (Å²) in [5.74, 6) is -3.52. The first-order valence-corrected chi connectivity index (χ1v) is 11.0. The summed E-state index contributed by atoms with van der Waals surface area (Å²) in [5.41, 5.74) is 0.810. The van der Waals surface area contributed by atoms with Gasteiger partial charge in [-0.15, -0.1) is 0 Å². The summed E-state index contributed by atoms with van der Waals surface area (Å²) in [6.07, 6.45) is 0.971. The van der Waals surface area contributed by atoms with Crippen LogP contribution >= 0.6 is 0 Å². The third-order valence-corrected chi connectivity index (χ3v) is 6.55. The fraction of sp³-hybridized carbons (Fsp3) is 0.400. The summed E-state index contributed by atoms with van der Waals surface area (Å²) >= 11 is 0. The van der Waals surface area contributed by atoms with Crippen LogP contribution in [-0.2, 0) is 19.1 Å². The molecule has 0 saturated carbocycles. The quantitative estimate of drug-likeness (QED) is 0.550. The predicted molar refractivity (Wildman–Crippen MR) is 117 cm³/mol. The van der Waals surface area contributed by atoms with Crippen molar-refractivity contribution in [2.24, 2.45) is 11.8 Å². The maximum absolute atomic E-state index is 13.7. The monoisotopic (exact) mass is 438 g/mol. The van der Waals surface area contributed by atoms with E-state index in [1.54, 1.807) is 6.92 Å². The van der Waals surface area contributed by atoms with Gasteiger partial charge in [0.25, 0.3) is 0 Å². The zero-order chi connectivity index (χ0) is 23.0. The molecule has 2 aromatic rings. The molecule has 0 radical (unpaired) electrons. The first kappa shape index (κ1) is 22.1. The van der Waals surface area contributed by atoms with Gasteiger partial charge in [0.2, 0.25) is 11.8 Å². The van der Waals surface area contributed by atoms with Crippen LogP contribution in [0.25, 0.3) is 0 Å². The second-order valence-corrected chi connectivity index (χ2v) is 8.41. The number of ether oxygens (including phenoxy) is 1. The van der Waals surface area contributed by atoms with Crippen molar-refractivity contribution in [3.8, 4) is 0 Å². The number of nitrogens with one attached hydrogen (secondary N) is 1. The highest BCUT2D eigenvalue weighted by molar-refractivity contribution is 6.24. The smallest absolute Gasteiger partial charge is 0.327 e. The number of amides is 2. The molecule has 2 heterocycles. The van der Waals surface area contributed by atoms with Crippen molar-refractivity contribution >= 4 is 23.5 Å². The van der Waals surface area contributed by atoms with E-state index < -0.39 is 47.0 Å². The Morgan fingerprint density at radius 2 is 1.78 bits per heavy atom. The summed E-state index contributed by atoms with van der Waals surface area (Å²) in [6.45, 7) is 5.75. The summed E-state index contributed by atoms with van der Waals surface area (Å²) in [5, 5.41) is 3.39. The molecule has 2 aliphatic heterocycles. The second-order valence-electron chi connectivity index (χ2n) is 8.41. The number of hydrogen-bond acceptors (Lipinski definition) is 5. The van der Waals surface area contributed by atoms with Crippen molar-refractivity contribution in [2.75, 3.05) is 11.5 Å². The number of esters is 1. The number of anilines is 1. The molecule has 4 atom stereocenters. The van der Waals surface area contributed by atoms with E-state index in [4.69, 9.17) is 4.74 Å². The Bertz CT molecular complexity index is 1050. The van der Waals surface area contributed by atoms with E-state index in [9.17, 15) is 18.8 Å². The molecule has 2 aromatic carbocycles. The van der Waals surface area contributed by atoms with Gasteiger partial charge in [-0.3, -0.25) is 19.7 Å². The first-order chi connectivity index (χ1) is 15.4. The average molecular weight is 438 g/mol. The fourth-order valence-electron chi connectivity index (χ4n) is 5.22. The lowest BCUT2D eigenvalue weighted by Gasteiger charge is -2.32. The third kappa shape index (κ3) is 3.32. The van der Waals surface area contributed by atoms with Gasteiger partial charge in [0.15, 0.2) is 0 Å². The number of carbonyl (C=O) groups is 3. The van der Waals surface area contributed by atoms with Crippen molar-refractivity contribution in [3.63, 3.8) is 0 Å². The van der Waals surface area contributed by atoms with E-state index in [0.717, 1.165) is 16.0 Å².